The Morgan fingerprint density at radius 3 is 2.83 bits per heavy atom. The van der Waals surface area contributed by atoms with E-state index >= 15 is 0 Å². The highest BCUT2D eigenvalue weighted by Crippen LogP contribution is 2.35. The Morgan fingerprint density at radius 2 is 2.12 bits per heavy atom. The van der Waals surface area contributed by atoms with Crippen LogP contribution >= 0.6 is 0 Å². The minimum absolute atomic E-state index is 0.0246. The predicted molar refractivity (Wildman–Crippen MR) is 89.4 cm³/mol. The summed E-state index contributed by atoms with van der Waals surface area (Å²) in [6.45, 7) is 1.72. The van der Waals surface area contributed by atoms with E-state index in [4.69, 9.17) is 4.74 Å². The third-order valence-corrected chi connectivity index (χ3v) is 4.70. The quantitative estimate of drug-likeness (QED) is 0.941. The van der Waals surface area contributed by atoms with Crippen molar-refractivity contribution in [1.82, 2.24) is 4.57 Å². The van der Waals surface area contributed by atoms with Gasteiger partial charge in [-0.05, 0) is 30.4 Å². The van der Waals surface area contributed by atoms with Crippen LogP contribution < -0.4 is 5.32 Å². The summed E-state index contributed by atoms with van der Waals surface area (Å²) in [6, 6.07) is 12.4. The first kappa shape index (κ1) is 15.0. The number of hydrogen-bond acceptors (Lipinski definition) is 3. The average Bonchev–Trinajstić information content (AvgIpc) is 3.42. The molecule has 1 aromatic heterocycles. The van der Waals surface area contributed by atoms with Crippen LogP contribution in [0.3, 0.4) is 0 Å². The van der Waals surface area contributed by atoms with E-state index < -0.39 is 0 Å². The van der Waals surface area contributed by atoms with E-state index in [1.807, 2.05) is 22.8 Å². The zero-order valence-electron chi connectivity index (χ0n) is 13.4. The fraction of sp³-hybridized carbons (Fsp3) is 0.368. The SMILES string of the molecule is N#Cc1c2c(n(Cc3ccccc3)c1NC(=O)C1CC1)COCC2. The van der Waals surface area contributed by atoms with E-state index in [-0.39, 0.29) is 11.8 Å². The molecule has 24 heavy (non-hydrogen) atoms. The molecule has 0 atom stereocenters. The van der Waals surface area contributed by atoms with Crippen LogP contribution in [0.15, 0.2) is 30.3 Å². The van der Waals surface area contributed by atoms with Crippen molar-refractivity contribution in [2.24, 2.45) is 5.92 Å². The number of rotatable bonds is 4. The molecule has 2 heterocycles. The van der Waals surface area contributed by atoms with Crippen LogP contribution in [0.1, 0.15) is 35.2 Å². The van der Waals surface area contributed by atoms with Gasteiger partial charge in [0.05, 0.1) is 24.5 Å². The standard InChI is InChI=1S/C19H19N3O2/c20-10-16-15-8-9-24-12-17(15)22(11-13-4-2-1-3-5-13)18(16)21-19(23)14-6-7-14/h1-5,14H,6-9,11-12H2,(H,21,23). The van der Waals surface area contributed by atoms with Gasteiger partial charge in [0.1, 0.15) is 11.9 Å². The molecule has 0 unspecified atom stereocenters. The number of nitriles is 1. The molecule has 122 valence electrons. The normalized spacial score (nSPS) is 16.3. The minimum atomic E-state index is 0.0246. The summed E-state index contributed by atoms with van der Waals surface area (Å²) in [5.74, 6) is 0.759. The Bertz CT molecular complexity index is 813. The molecule has 0 radical (unpaired) electrons. The molecule has 1 N–H and O–H groups in total. The summed E-state index contributed by atoms with van der Waals surface area (Å²) in [7, 11) is 0. The molecule has 1 aliphatic heterocycles. The number of anilines is 1. The number of carbonyl (C=O) groups is 1. The lowest BCUT2D eigenvalue weighted by molar-refractivity contribution is -0.117. The molecule has 1 aliphatic carbocycles. The maximum atomic E-state index is 12.3. The number of fused-ring (bicyclic) bond motifs is 1. The van der Waals surface area contributed by atoms with Crippen LogP contribution in [0.2, 0.25) is 0 Å². The van der Waals surface area contributed by atoms with Crippen molar-refractivity contribution >= 4 is 11.7 Å². The van der Waals surface area contributed by atoms with Gasteiger partial charge in [0.2, 0.25) is 5.91 Å². The highest BCUT2D eigenvalue weighted by molar-refractivity contribution is 5.95. The van der Waals surface area contributed by atoms with Crippen LogP contribution in [0, 0.1) is 17.2 Å². The number of carbonyl (C=O) groups excluding carboxylic acids is 1. The molecule has 1 amide bonds. The highest BCUT2D eigenvalue weighted by atomic mass is 16.5. The topological polar surface area (TPSA) is 67.0 Å². The van der Waals surface area contributed by atoms with E-state index in [2.05, 4.69) is 23.5 Å². The molecule has 5 nitrogen and oxygen atoms in total. The summed E-state index contributed by atoms with van der Waals surface area (Å²) in [5, 5.41) is 12.7. The Hall–Kier alpha value is -2.58. The molecule has 0 saturated heterocycles. The number of nitrogens with zero attached hydrogens (tertiary/aromatic N) is 2. The van der Waals surface area contributed by atoms with E-state index in [1.54, 1.807) is 0 Å². The van der Waals surface area contributed by atoms with E-state index in [1.165, 1.54) is 0 Å². The lowest BCUT2D eigenvalue weighted by Gasteiger charge is -2.17. The molecule has 1 fully saturated rings. The fourth-order valence-corrected chi connectivity index (χ4v) is 3.25. The lowest BCUT2D eigenvalue weighted by atomic mass is 10.1. The molecule has 2 aromatic rings. The van der Waals surface area contributed by atoms with Gasteiger partial charge < -0.3 is 14.6 Å². The van der Waals surface area contributed by atoms with Gasteiger partial charge in [0.25, 0.3) is 0 Å². The van der Waals surface area contributed by atoms with Crippen molar-refractivity contribution in [1.29, 1.82) is 5.26 Å². The lowest BCUT2D eigenvalue weighted by Crippen LogP contribution is -2.19. The van der Waals surface area contributed by atoms with E-state index in [0.29, 0.717) is 37.6 Å². The van der Waals surface area contributed by atoms with Gasteiger partial charge in [-0.15, -0.1) is 0 Å². The van der Waals surface area contributed by atoms with Crippen LogP contribution in [0.4, 0.5) is 5.82 Å². The summed E-state index contributed by atoms with van der Waals surface area (Å²) in [6.07, 6.45) is 2.60. The molecule has 1 aromatic carbocycles. The van der Waals surface area contributed by atoms with E-state index in [0.717, 1.165) is 29.7 Å². The van der Waals surface area contributed by atoms with Gasteiger partial charge in [-0.25, -0.2) is 0 Å². The number of benzene rings is 1. The monoisotopic (exact) mass is 321 g/mol. The van der Waals surface area contributed by atoms with Crippen LogP contribution in [0.5, 0.6) is 0 Å². The van der Waals surface area contributed by atoms with Crippen molar-refractivity contribution in [3.8, 4) is 6.07 Å². The maximum absolute atomic E-state index is 12.3. The first-order valence-corrected chi connectivity index (χ1v) is 8.35. The Labute approximate surface area is 140 Å². The van der Waals surface area contributed by atoms with Crippen molar-refractivity contribution in [3.05, 3.63) is 52.7 Å². The van der Waals surface area contributed by atoms with Crippen LogP contribution in [-0.4, -0.2) is 17.1 Å². The largest absolute Gasteiger partial charge is 0.375 e. The predicted octanol–water partition coefficient (Wildman–Crippen LogP) is 2.83. The zero-order chi connectivity index (χ0) is 16.5. The number of hydrogen-bond donors (Lipinski definition) is 1. The molecular formula is C19H19N3O2. The molecule has 4 rings (SSSR count). The van der Waals surface area contributed by atoms with Crippen molar-refractivity contribution in [3.63, 3.8) is 0 Å². The zero-order valence-corrected chi connectivity index (χ0v) is 13.4. The highest BCUT2D eigenvalue weighted by Gasteiger charge is 2.32. The first-order chi connectivity index (χ1) is 11.8. The van der Waals surface area contributed by atoms with Gasteiger partial charge in [-0.1, -0.05) is 30.3 Å². The minimum Gasteiger partial charge on any atom is -0.375 e. The summed E-state index contributed by atoms with van der Waals surface area (Å²) < 4.78 is 7.65. The third kappa shape index (κ3) is 2.70. The van der Waals surface area contributed by atoms with E-state index in [9.17, 15) is 10.1 Å². The second-order valence-electron chi connectivity index (χ2n) is 6.40. The summed E-state index contributed by atoms with van der Waals surface area (Å²) in [4.78, 5) is 12.3. The molecule has 1 saturated carbocycles. The number of aromatic nitrogens is 1. The summed E-state index contributed by atoms with van der Waals surface area (Å²) >= 11 is 0. The number of nitrogens with one attached hydrogen (secondary N) is 1. The number of ether oxygens (including phenoxy) is 1. The molecule has 2 aliphatic rings. The maximum Gasteiger partial charge on any atom is 0.228 e. The van der Waals surface area contributed by atoms with Crippen molar-refractivity contribution in [2.45, 2.75) is 32.4 Å². The Balaban J connectivity index is 1.78. The Morgan fingerprint density at radius 1 is 1.33 bits per heavy atom. The third-order valence-electron chi connectivity index (χ3n) is 4.70. The first-order valence-electron chi connectivity index (χ1n) is 8.35. The molecule has 0 bridgehead atoms. The molecule has 5 heteroatoms. The number of amides is 1. The van der Waals surface area contributed by atoms with Crippen molar-refractivity contribution in [2.75, 3.05) is 11.9 Å². The second-order valence-corrected chi connectivity index (χ2v) is 6.40. The van der Waals surface area contributed by atoms with Crippen LogP contribution in [0.25, 0.3) is 0 Å². The van der Waals surface area contributed by atoms with Gasteiger partial charge in [-0.3, -0.25) is 4.79 Å². The average molecular weight is 321 g/mol. The van der Waals surface area contributed by atoms with Gasteiger partial charge in [-0.2, -0.15) is 5.26 Å². The van der Waals surface area contributed by atoms with Crippen molar-refractivity contribution < 1.29 is 9.53 Å². The molecule has 0 spiro atoms. The molecular weight excluding hydrogens is 302 g/mol. The van der Waals surface area contributed by atoms with Gasteiger partial charge in [0, 0.05) is 12.5 Å². The Kier molecular flexibility index (Phi) is 3.83. The second kappa shape index (κ2) is 6.14. The van der Waals surface area contributed by atoms with Gasteiger partial charge >= 0.3 is 0 Å². The van der Waals surface area contributed by atoms with Gasteiger partial charge in [0.15, 0.2) is 0 Å². The smallest absolute Gasteiger partial charge is 0.228 e. The van der Waals surface area contributed by atoms with Crippen LogP contribution in [-0.2, 0) is 29.1 Å². The fourth-order valence-electron chi connectivity index (χ4n) is 3.25. The summed E-state index contributed by atoms with van der Waals surface area (Å²) in [5.41, 5.74) is 3.75.